The summed E-state index contributed by atoms with van der Waals surface area (Å²) >= 11 is 2.64. The van der Waals surface area contributed by atoms with E-state index in [1.54, 1.807) is 12.1 Å². The topological polar surface area (TPSA) is 76.0 Å². The van der Waals surface area contributed by atoms with Crippen LogP contribution in [0, 0.1) is 0 Å². The molecule has 0 saturated carbocycles. The zero-order valence-corrected chi connectivity index (χ0v) is 16.7. The number of Topliss-reactive ketones (excluding diaryl/α,β-unsaturated/α-hetero) is 1. The van der Waals surface area contributed by atoms with Crippen LogP contribution in [-0.2, 0) is 4.79 Å². The summed E-state index contributed by atoms with van der Waals surface area (Å²) in [6.07, 6.45) is 2.65. The molecule has 0 aliphatic carbocycles. The van der Waals surface area contributed by atoms with Gasteiger partial charge in [0.25, 0.3) is 0 Å². The lowest BCUT2D eigenvalue weighted by Gasteiger charge is -2.23. The summed E-state index contributed by atoms with van der Waals surface area (Å²) in [5.74, 6) is 0.357. The third kappa shape index (κ3) is 3.72. The largest absolute Gasteiger partial charge is 0.507 e. The van der Waals surface area contributed by atoms with Gasteiger partial charge in [-0.15, -0.1) is 11.8 Å². The van der Waals surface area contributed by atoms with Crippen LogP contribution in [0.3, 0.4) is 0 Å². The highest BCUT2D eigenvalue weighted by Gasteiger charge is 2.29. The predicted molar refractivity (Wildman–Crippen MR) is 112 cm³/mol. The number of carbonyl (C=O) groups is 2. The lowest BCUT2D eigenvalue weighted by Crippen LogP contribution is -2.17. The van der Waals surface area contributed by atoms with Gasteiger partial charge in [-0.25, -0.2) is 4.99 Å². The van der Waals surface area contributed by atoms with Crippen LogP contribution >= 0.6 is 23.5 Å². The molecule has 0 saturated heterocycles. The SMILES string of the molecule is COc1cc(O)c2c(c1)SC(CC=C1N=C(c3ccccc3)SC1=O)CC2=O. The highest BCUT2D eigenvalue weighted by Crippen LogP contribution is 2.43. The minimum Gasteiger partial charge on any atom is -0.507 e. The molecule has 2 heterocycles. The molecule has 1 unspecified atom stereocenters. The van der Waals surface area contributed by atoms with Crippen molar-refractivity contribution >= 4 is 39.5 Å². The van der Waals surface area contributed by atoms with Crippen molar-refractivity contribution in [2.24, 2.45) is 4.99 Å². The number of methoxy groups -OCH3 is 1. The summed E-state index contributed by atoms with van der Waals surface area (Å²) in [7, 11) is 1.52. The van der Waals surface area contributed by atoms with E-state index in [1.165, 1.54) is 24.9 Å². The van der Waals surface area contributed by atoms with Crippen LogP contribution in [0.15, 0.2) is 64.1 Å². The highest BCUT2D eigenvalue weighted by atomic mass is 32.2. The van der Waals surface area contributed by atoms with Crippen molar-refractivity contribution in [2.45, 2.75) is 23.0 Å². The van der Waals surface area contributed by atoms with Gasteiger partial charge in [0.15, 0.2) is 5.78 Å². The summed E-state index contributed by atoms with van der Waals surface area (Å²) in [6, 6.07) is 12.8. The number of ether oxygens (including phenoxy) is 1. The molecular formula is C21H17NO4S2. The fourth-order valence-electron chi connectivity index (χ4n) is 3.12. The summed E-state index contributed by atoms with van der Waals surface area (Å²) in [6.45, 7) is 0. The van der Waals surface area contributed by atoms with Crippen LogP contribution in [0.1, 0.15) is 28.8 Å². The second-order valence-corrected chi connectivity index (χ2v) is 8.69. The standard InChI is InChI=1S/C21H17NO4S2/c1-26-13-9-16(23)19-17(24)11-14(27-18(19)10-13)7-8-15-21(25)28-20(22-15)12-5-3-2-4-6-12/h2-6,8-10,14,23H,7,11H2,1H3. The van der Waals surface area contributed by atoms with Crippen molar-refractivity contribution in [1.82, 2.24) is 0 Å². The van der Waals surface area contributed by atoms with E-state index in [0.717, 1.165) is 17.3 Å². The Morgan fingerprint density at radius 2 is 2.04 bits per heavy atom. The quantitative estimate of drug-likeness (QED) is 0.750. The van der Waals surface area contributed by atoms with Crippen molar-refractivity contribution < 1.29 is 19.4 Å². The number of benzene rings is 2. The number of phenols is 1. The molecule has 1 N–H and O–H groups in total. The highest BCUT2D eigenvalue weighted by molar-refractivity contribution is 8.27. The van der Waals surface area contributed by atoms with Gasteiger partial charge in [0.2, 0.25) is 5.12 Å². The monoisotopic (exact) mass is 411 g/mol. The van der Waals surface area contributed by atoms with E-state index in [-0.39, 0.29) is 21.9 Å². The maximum atomic E-state index is 12.5. The molecule has 0 bridgehead atoms. The molecule has 4 rings (SSSR count). The van der Waals surface area contributed by atoms with Crippen molar-refractivity contribution in [3.8, 4) is 11.5 Å². The summed E-state index contributed by atoms with van der Waals surface area (Å²) in [4.78, 5) is 29.9. The van der Waals surface area contributed by atoms with Crippen LogP contribution in [0.2, 0.25) is 0 Å². The number of allylic oxidation sites excluding steroid dienone is 1. The van der Waals surface area contributed by atoms with Crippen molar-refractivity contribution in [2.75, 3.05) is 7.11 Å². The molecule has 0 radical (unpaired) electrons. The number of nitrogens with zero attached hydrogens (tertiary/aromatic N) is 1. The van der Waals surface area contributed by atoms with Gasteiger partial charge in [-0.3, -0.25) is 9.59 Å². The Balaban J connectivity index is 1.53. The number of phenolic OH excluding ortho intramolecular Hbond substituents is 1. The first kappa shape index (κ1) is 18.8. The maximum Gasteiger partial charge on any atom is 0.243 e. The number of ketones is 1. The Hall–Kier alpha value is -2.51. The molecule has 2 aliphatic rings. The van der Waals surface area contributed by atoms with Gasteiger partial charge in [-0.05, 0) is 24.2 Å². The first-order valence-electron chi connectivity index (χ1n) is 8.72. The molecule has 2 aromatic carbocycles. The number of rotatable bonds is 4. The fourth-order valence-corrected chi connectivity index (χ4v) is 5.24. The Kier molecular flexibility index (Phi) is 5.28. The van der Waals surface area contributed by atoms with E-state index >= 15 is 0 Å². The summed E-state index contributed by atoms with van der Waals surface area (Å²) < 4.78 is 5.18. The molecule has 0 amide bonds. The first-order chi connectivity index (χ1) is 13.5. The molecule has 142 valence electrons. The van der Waals surface area contributed by atoms with Gasteiger partial charge in [0.1, 0.15) is 22.2 Å². The van der Waals surface area contributed by atoms with E-state index in [1.807, 2.05) is 30.3 Å². The summed E-state index contributed by atoms with van der Waals surface area (Å²) in [5, 5.41) is 10.7. The van der Waals surface area contributed by atoms with Gasteiger partial charge >= 0.3 is 0 Å². The second-order valence-electron chi connectivity index (χ2n) is 6.38. The van der Waals surface area contributed by atoms with Crippen molar-refractivity contribution in [3.63, 3.8) is 0 Å². The average Bonchev–Trinajstić information content (AvgIpc) is 3.07. The molecule has 0 fully saturated rings. The number of hydrogen-bond donors (Lipinski definition) is 1. The smallest absolute Gasteiger partial charge is 0.243 e. The van der Waals surface area contributed by atoms with E-state index < -0.39 is 0 Å². The maximum absolute atomic E-state index is 12.5. The minimum atomic E-state index is -0.0992. The van der Waals surface area contributed by atoms with Crippen LogP contribution in [0.4, 0.5) is 0 Å². The van der Waals surface area contributed by atoms with E-state index in [2.05, 4.69) is 4.99 Å². The Labute approximate surface area is 170 Å². The predicted octanol–water partition coefficient (Wildman–Crippen LogP) is 4.44. The molecule has 5 nitrogen and oxygen atoms in total. The van der Waals surface area contributed by atoms with Gasteiger partial charge < -0.3 is 9.84 Å². The van der Waals surface area contributed by atoms with Crippen LogP contribution < -0.4 is 4.74 Å². The third-order valence-corrected chi connectivity index (χ3v) is 6.67. The van der Waals surface area contributed by atoms with E-state index in [4.69, 9.17) is 4.74 Å². The lowest BCUT2D eigenvalue weighted by atomic mass is 10.0. The lowest BCUT2D eigenvalue weighted by molar-refractivity contribution is -0.107. The fraction of sp³-hybridized carbons (Fsp3) is 0.190. The average molecular weight is 412 g/mol. The Morgan fingerprint density at radius 3 is 2.79 bits per heavy atom. The van der Waals surface area contributed by atoms with Gasteiger partial charge in [-0.2, -0.15) is 0 Å². The number of fused-ring (bicyclic) bond motifs is 1. The van der Waals surface area contributed by atoms with Crippen molar-refractivity contribution in [1.29, 1.82) is 0 Å². The number of carbonyl (C=O) groups excluding carboxylic acids is 2. The first-order valence-corrected chi connectivity index (χ1v) is 10.4. The van der Waals surface area contributed by atoms with Gasteiger partial charge in [0, 0.05) is 28.2 Å². The molecule has 2 aromatic rings. The zero-order valence-electron chi connectivity index (χ0n) is 15.0. The number of aromatic hydroxyl groups is 1. The molecule has 2 aliphatic heterocycles. The van der Waals surface area contributed by atoms with Gasteiger partial charge in [0.05, 0.1) is 12.7 Å². The number of aliphatic imine (C=N–C) groups is 1. The van der Waals surface area contributed by atoms with E-state index in [9.17, 15) is 14.7 Å². The Bertz CT molecular complexity index is 1010. The van der Waals surface area contributed by atoms with Crippen molar-refractivity contribution in [3.05, 3.63) is 65.4 Å². The summed E-state index contributed by atoms with van der Waals surface area (Å²) in [5.41, 5.74) is 1.70. The number of hydrogen-bond acceptors (Lipinski definition) is 7. The number of thioether (sulfide) groups is 2. The van der Waals surface area contributed by atoms with Gasteiger partial charge in [-0.1, -0.05) is 36.4 Å². The minimum absolute atomic E-state index is 0.0206. The van der Waals surface area contributed by atoms with Crippen LogP contribution in [0.5, 0.6) is 11.5 Å². The van der Waals surface area contributed by atoms with Crippen LogP contribution in [-0.4, -0.2) is 33.4 Å². The molecular weight excluding hydrogens is 394 g/mol. The molecule has 1 atom stereocenters. The molecule has 28 heavy (non-hydrogen) atoms. The third-order valence-electron chi connectivity index (χ3n) is 4.49. The molecule has 0 aromatic heterocycles. The molecule has 7 heteroatoms. The second kappa shape index (κ2) is 7.85. The normalized spacial score (nSPS) is 20.2. The van der Waals surface area contributed by atoms with Crippen LogP contribution in [0.25, 0.3) is 0 Å². The zero-order chi connectivity index (χ0) is 19.7. The Morgan fingerprint density at radius 1 is 1.25 bits per heavy atom. The molecule has 0 spiro atoms. The van der Waals surface area contributed by atoms with E-state index in [0.29, 0.717) is 39.8 Å².